The lowest BCUT2D eigenvalue weighted by atomic mass is 10.1. The number of carbonyl (C=O) groups is 1. The molecule has 1 heterocycles. The molecule has 1 aliphatic rings. The van der Waals surface area contributed by atoms with Crippen LogP contribution in [0.4, 0.5) is 5.69 Å². The van der Waals surface area contributed by atoms with Crippen molar-refractivity contribution in [1.29, 1.82) is 0 Å². The highest BCUT2D eigenvalue weighted by atomic mass is 35.5. The summed E-state index contributed by atoms with van der Waals surface area (Å²) in [6, 6.07) is 11.4. The molecule has 2 aromatic rings. The molecule has 1 fully saturated rings. The first-order valence-corrected chi connectivity index (χ1v) is 10.6. The van der Waals surface area contributed by atoms with Crippen LogP contribution in [0.25, 0.3) is 0 Å². The predicted molar refractivity (Wildman–Crippen MR) is 113 cm³/mol. The Morgan fingerprint density at radius 1 is 1.12 bits per heavy atom. The highest BCUT2D eigenvalue weighted by molar-refractivity contribution is 7.99. The zero-order chi connectivity index (χ0) is 18.5. The number of rotatable bonds is 5. The molecule has 138 valence electrons. The Morgan fingerprint density at radius 3 is 2.46 bits per heavy atom. The Bertz CT molecular complexity index is 771. The molecule has 26 heavy (non-hydrogen) atoms. The van der Waals surface area contributed by atoms with E-state index in [4.69, 9.17) is 23.2 Å². The quantitative estimate of drug-likeness (QED) is 0.752. The summed E-state index contributed by atoms with van der Waals surface area (Å²) in [5.41, 5.74) is 3.88. The van der Waals surface area contributed by atoms with Gasteiger partial charge in [-0.1, -0.05) is 41.4 Å². The van der Waals surface area contributed by atoms with Crippen molar-refractivity contribution in [1.82, 2.24) is 4.90 Å². The van der Waals surface area contributed by atoms with Crippen LogP contribution < -0.4 is 5.32 Å². The second kappa shape index (κ2) is 9.14. The summed E-state index contributed by atoms with van der Waals surface area (Å²) in [6.45, 7) is 5.22. The van der Waals surface area contributed by atoms with Crippen molar-refractivity contribution in [3.8, 4) is 0 Å². The summed E-state index contributed by atoms with van der Waals surface area (Å²) < 4.78 is 0. The molecular formula is C20H22Cl2N2OS. The van der Waals surface area contributed by atoms with Crippen LogP contribution in [0.2, 0.25) is 10.0 Å². The van der Waals surface area contributed by atoms with Crippen LogP contribution in [0, 0.1) is 6.92 Å². The fraction of sp³-hybridized carbons (Fsp3) is 0.350. The zero-order valence-corrected chi connectivity index (χ0v) is 17.1. The summed E-state index contributed by atoms with van der Waals surface area (Å²) in [6.07, 6.45) is 0.158. The molecule has 1 amide bonds. The van der Waals surface area contributed by atoms with E-state index in [0.29, 0.717) is 15.6 Å². The molecule has 0 aromatic heterocycles. The minimum absolute atomic E-state index is 0.116. The Labute approximate surface area is 169 Å². The van der Waals surface area contributed by atoms with Crippen LogP contribution in [0.3, 0.4) is 0 Å². The topological polar surface area (TPSA) is 32.3 Å². The fourth-order valence-electron chi connectivity index (χ4n) is 3.05. The van der Waals surface area contributed by atoms with Gasteiger partial charge in [0.1, 0.15) is 0 Å². The van der Waals surface area contributed by atoms with Gasteiger partial charge in [-0.25, -0.2) is 0 Å². The lowest BCUT2D eigenvalue weighted by molar-refractivity contribution is -0.115. The van der Waals surface area contributed by atoms with E-state index in [1.165, 1.54) is 17.1 Å². The van der Waals surface area contributed by atoms with Crippen molar-refractivity contribution in [2.75, 3.05) is 29.9 Å². The van der Waals surface area contributed by atoms with Gasteiger partial charge in [0.05, 0.1) is 6.42 Å². The molecule has 3 rings (SSSR count). The van der Waals surface area contributed by atoms with Crippen LogP contribution in [0.5, 0.6) is 0 Å². The second-order valence-electron chi connectivity index (χ2n) is 6.40. The second-order valence-corrected chi connectivity index (χ2v) is 8.44. The van der Waals surface area contributed by atoms with Gasteiger partial charge >= 0.3 is 0 Å². The maximum absolute atomic E-state index is 12.5. The number of nitrogens with one attached hydrogen (secondary N) is 1. The van der Waals surface area contributed by atoms with Crippen molar-refractivity contribution in [3.05, 3.63) is 63.1 Å². The Hall–Kier alpha value is -1.20. The van der Waals surface area contributed by atoms with Gasteiger partial charge in [0.15, 0.2) is 0 Å². The summed E-state index contributed by atoms with van der Waals surface area (Å²) in [5, 5.41) is 4.04. The average molecular weight is 409 g/mol. The van der Waals surface area contributed by atoms with Crippen LogP contribution >= 0.6 is 35.0 Å². The first-order chi connectivity index (χ1) is 12.5. The van der Waals surface area contributed by atoms with E-state index < -0.39 is 0 Å². The molecule has 0 unspecified atom stereocenters. The molecule has 1 N–H and O–H groups in total. The molecule has 0 radical (unpaired) electrons. The number of halogens is 2. The van der Waals surface area contributed by atoms with Crippen LogP contribution in [0.15, 0.2) is 36.4 Å². The molecule has 6 heteroatoms. The minimum atomic E-state index is -0.116. The molecule has 0 bridgehead atoms. The molecular weight excluding hydrogens is 387 g/mol. The number of hydrogen-bond donors (Lipinski definition) is 1. The number of nitrogens with zero attached hydrogens (tertiary/aromatic N) is 1. The van der Waals surface area contributed by atoms with Crippen molar-refractivity contribution in [3.63, 3.8) is 0 Å². The first-order valence-electron chi connectivity index (χ1n) is 8.66. The van der Waals surface area contributed by atoms with Gasteiger partial charge in [0, 0.05) is 46.9 Å². The van der Waals surface area contributed by atoms with Crippen molar-refractivity contribution in [2.45, 2.75) is 19.9 Å². The van der Waals surface area contributed by atoms with Gasteiger partial charge in [-0.15, -0.1) is 0 Å². The van der Waals surface area contributed by atoms with E-state index in [-0.39, 0.29) is 12.3 Å². The van der Waals surface area contributed by atoms with E-state index in [1.807, 2.05) is 23.9 Å². The Morgan fingerprint density at radius 2 is 1.77 bits per heavy atom. The largest absolute Gasteiger partial charge is 0.326 e. The normalized spacial score (nSPS) is 15.0. The maximum atomic E-state index is 12.5. The minimum Gasteiger partial charge on any atom is -0.326 e. The van der Waals surface area contributed by atoms with Crippen molar-refractivity contribution in [2.24, 2.45) is 0 Å². The fourth-order valence-corrected chi connectivity index (χ4v) is 4.56. The smallest absolute Gasteiger partial charge is 0.228 e. The summed E-state index contributed by atoms with van der Waals surface area (Å²) in [7, 11) is 0. The lowest BCUT2D eigenvalue weighted by Crippen LogP contribution is -2.32. The van der Waals surface area contributed by atoms with Gasteiger partial charge in [0.25, 0.3) is 0 Å². The molecule has 2 aromatic carbocycles. The highest BCUT2D eigenvalue weighted by Gasteiger charge is 2.15. The highest BCUT2D eigenvalue weighted by Crippen LogP contribution is 2.26. The van der Waals surface area contributed by atoms with E-state index in [2.05, 4.69) is 23.2 Å². The third kappa shape index (κ3) is 4.95. The van der Waals surface area contributed by atoms with Crippen LogP contribution in [-0.2, 0) is 17.8 Å². The van der Waals surface area contributed by atoms with Gasteiger partial charge in [0.2, 0.25) is 5.91 Å². The maximum Gasteiger partial charge on any atom is 0.228 e. The van der Waals surface area contributed by atoms with Crippen LogP contribution in [0.1, 0.15) is 16.7 Å². The standard InChI is InChI=1S/C20H22Cl2N2OS/c1-14-15(13-24-8-10-26-11-9-24)4-2-7-19(14)23-20(25)12-16-17(21)5-3-6-18(16)22/h2-7H,8-13H2,1H3,(H,23,25). The lowest BCUT2D eigenvalue weighted by Gasteiger charge is -2.27. The van der Waals surface area contributed by atoms with Crippen molar-refractivity contribution < 1.29 is 4.79 Å². The van der Waals surface area contributed by atoms with Gasteiger partial charge < -0.3 is 5.32 Å². The monoisotopic (exact) mass is 408 g/mol. The Kier molecular flexibility index (Phi) is 6.87. The number of thioether (sulfide) groups is 1. The first kappa shape index (κ1) is 19.6. The van der Waals surface area contributed by atoms with Crippen molar-refractivity contribution >= 4 is 46.6 Å². The molecule has 0 aliphatic carbocycles. The molecule has 1 aliphatic heterocycles. The molecule has 0 saturated carbocycles. The van der Waals surface area contributed by atoms with Crippen LogP contribution in [-0.4, -0.2) is 35.4 Å². The molecule has 0 atom stereocenters. The van der Waals surface area contributed by atoms with E-state index in [1.54, 1.807) is 18.2 Å². The number of amides is 1. The summed E-state index contributed by atoms with van der Waals surface area (Å²) >= 11 is 14.3. The summed E-state index contributed by atoms with van der Waals surface area (Å²) in [5.74, 6) is 2.26. The van der Waals surface area contributed by atoms with E-state index in [0.717, 1.165) is 30.9 Å². The molecule has 3 nitrogen and oxygen atoms in total. The number of carbonyl (C=O) groups excluding carboxylic acids is 1. The van der Waals surface area contributed by atoms with E-state index in [9.17, 15) is 4.79 Å². The third-order valence-corrected chi connectivity index (χ3v) is 6.27. The third-order valence-electron chi connectivity index (χ3n) is 4.62. The number of hydrogen-bond acceptors (Lipinski definition) is 3. The Balaban J connectivity index is 1.69. The van der Waals surface area contributed by atoms with Gasteiger partial charge in [-0.05, 0) is 41.8 Å². The molecule has 1 saturated heterocycles. The van der Waals surface area contributed by atoms with Gasteiger partial charge in [-0.3, -0.25) is 9.69 Å². The predicted octanol–water partition coefficient (Wildman–Crippen LogP) is 5.03. The summed E-state index contributed by atoms with van der Waals surface area (Å²) in [4.78, 5) is 15.0. The van der Waals surface area contributed by atoms with E-state index >= 15 is 0 Å². The van der Waals surface area contributed by atoms with Gasteiger partial charge in [-0.2, -0.15) is 11.8 Å². The number of benzene rings is 2. The average Bonchev–Trinajstić information content (AvgIpc) is 2.63. The SMILES string of the molecule is Cc1c(CN2CCSCC2)cccc1NC(=O)Cc1c(Cl)cccc1Cl. The number of anilines is 1. The molecule has 0 spiro atoms. The zero-order valence-electron chi connectivity index (χ0n) is 14.7.